The van der Waals surface area contributed by atoms with Crippen LogP contribution in [0.3, 0.4) is 0 Å². The van der Waals surface area contributed by atoms with Gasteiger partial charge in [0.25, 0.3) is 0 Å². The van der Waals surface area contributed by atoms with Gasteiger partial charge in [-0.3, -0.25) is 0 Å². The van der Waals surface area contributed by atoms with Crippen LogP contribution in [0.2, 0.25) is 0 Å². The number of esters is 1. The topological polar surface area (TPSA) is 122 Å². The van der Waals surface area contributed by atoms with Gasteiger partial charge in [-0.2, -0.15) is 0 Å². The minimum atomic E-state index is -0.679. The first-order chi connectivity index (χ1) is 16.5. The molecule has 5 rings (SSSR count). The van der Waals surface area contributed by atoms with E-state index in [0.29, 0.717) is 5.70 Å². The predicted octanol–water partition coefficient (Wildman–Crippen LogP) is 2.22. The molecule has 10 nitrogen and oxygen atoms in total. The van der Waals surface area contributed by atoms with Gasteiger partial charge in [0.15, 0.2) is 17.5 Å². The molecule has 1 aliphatic heterocycles. The average molecular weight is 462 g/mol. The maximum atomic E-state index is 13.5. The van der Waals surface area contributed by atoms with Gasteiger partial charge >= 0.3 is 5.97 Å². The highest BCUT2D eigenvalue weighted by Gasteiger charge is 2.33. The summed E-state index contributed by atoms with van der Waals surface area (Å²) >= 11 is 0. The Balaban J connectivity index is 1.43. The van der Waals surface area contributed by atoms with Gasteiger partial charge in [0.1, 0.15) is 6.33 Å². The van der Waals surface area contributed by atoms with Crippen LogP contribution in [0.1, 0.15) is 10.4 Å². The summed E-state index contributed by atoms with van der Waals surface area (Å²) < 4.78 is 11.3. The number of likely N-dealkylation sites (N-methyl/N-ethyl adjacent to an activating group) is 1. The number of fused-ring (bicyclic) bond motifs is 1. The van der Waals surface area contributed by atoms with E-state index >= 15 is 0 Å². The van der Waals surface area contributed by atoms with Crippen molar-refractivity contribution in [2.75, 3.05) is 45.7 Å². The number of nitrogens with zero attached hydrogens (tertiary/aromatic N) is 4. The molecule has 1 aromatic carbocycles. The van der Waals surface area contributed by atoms with Crippen molar-refractivity contribution in [3.63, 3.8) is 0 Å². The summed E-state index contributed by atoms with van der Waals surface area (Å²) in [5.74, 6) is -0.213. The fourth-order valence-electron chi connectivity index (χ4n) is 4.28. The number of carbonyl (C=O) groups excluding carboxylic acids is 1. The molecule has 2 aliphatic rings. The van der Waals surface area contributed by atoms with Gasteiger partial charge < -0.3 is 35.3 Å². The first-order valence-electron chi connectivity index (χ1n) is 11.1. The van der Waals surface area contributed by atoms with E-state index in [9.17, 15) is 4.79 Å². The number of hydrogen-bond acceptors (Lipinski definition) is 9. The number of hydrogen-bond donors (Lipinski definition) is 3. The Bertz CT molecular complexity index is 1270. The Morgan fingerprint density at radius 1 is 1.18 bits per heavy atom. The average Bonchev–Trinajstić information content (AvgIpc) is 3.47. The fraction of sp³-hybridized carbons (Fsp3) is 0.292. The monoisotopic (exact) mass is 461 g/mol. The number of nitrogens with two attached hydrogens (primary N) is 1. The summed E-state index contributed by atoms with van der Waals surface area (Å²) in [6, 6.07) is 7.74. The molecule has 34 heavy (non-hydrogen) atoms. The number of rotatable bonds is 6. The molecule has 3 aromatic rings. The first kappa shape index (κ1) is 21.8. The van der Waals surface area contributed by atoms with Crippen molar-refractivity contribution in [3.05, 3.63) is 65.9 Å². The third-order valence-electron chi connectivity index (χ3n) is 6.17. The number of benzene rings is 1. The van der Waals surface area contributed by atoms with Crippen LogP contribution in [0, 0.1) is 0 Å². The van der Waals surface area contributed by atoms with Crippen molar-refractivity contribution in [1.82, 2.24) is 24.8 Å². The maximum Gasteiger partial charge on any atom is 0.348 e. The number of nitrogens with one attached hydrogen (secondary N) is 2. The number of aromatic amines is 1. The molecule has 0 radical (unpaired) electrons. The number of methoxy groups -OCH3 is 1. The minimum Gasteiger partial charge on any atom is -0.480 e. The summed E-state index contributed by atoms with van der Waals surface area (Å²) in [6.45, 7) is 3.53. The van der Waals surface area contributed by atoms with E-state index < -0.39 is 12.1 Å². The van der Waals surface area contributed by atoms with Crippen LogP contribution in [-0.4, -0.2) is 77.2 Å². The maximum absolute atomic E-state index is 13.5. The SMILES string of the molecule is COc1ncnc(Nc2cccc3[nH]ccc23)c1C(=O)OC1C(N)=CC=C1N1CCN(C)CC1. The number of allylic oxidation sites excluding steroid dienone is 2. The molecule has 0 bridgehead atoms. The zero-order valence-electron chi connectivity index (χ0n) is 19.1. The predicted molar refractivity (Wildman–Crippen MR) is 129 cm³/mol. The molecule has 2 aromatic heterocycles. The van der Waals surface area contributed by atoms with Crippen molar-refractivity contribution in [1.29, 1.82) is 0 Å². The van der Waals surface area contributed by atoms with Crippen LogP contribution in [0.15, 0.2) is 60.3 Å². The lowest BCUT2D eigenvalue weighted by molar-refractivity contribution is 0.0366. The van der Waals surface area contributed by atoms with E-state index in [-0.39, 0.29) is 17.3 Å². The minimum absolute atomic E-state index is 0.106. The highest BCUT2D eigenvalue weighted by Crippen LogP contribution is 2.32. The van der Waals surface area contributed by atoms with Crippen molar-refractivity contribution < 1.29 is 14.3 Å². The Kier molecular flexibility index (Phi) is 5.81. The van der Waals surface area contributed by atoms with E-state index in [2.05, 4.69) is 37.1 Å². The van der Waals surface area contributed by atoms with Gasteiger partial charge in [0.2, 0.25) is 5.88 Å². The lowest BCUT2D eigenvalue weighted by atomic mass is 10.2. The van der Waals surface area contributed by atoms with Gasteiger partial charge in [-0.1, -0.05) is 6.07 Å². The Labute approximate surface area is 197 Å². The van der Waals surface area contributed by atoms with Crippen molar-refractivity contribution in [2.24, 2.45) is 5.73 Å². The third kappa shape index (κ3) is 4.03. The second-order valence-electron chi connectivity index (χ2n) is 8.31. The summed E-state index contributed by atoms with van der Waals surface area (Å²) in [6.07, 6.45) is 6.22. The number of aromatic nitrogens is 3. The second kappa shape index (κ2) is 9.06. The van der Waals surface area contributed by atoms with Crippen LogP contribution < -0.4 is 15.8 Å². The number of H-pyrrole nitrogens is 1. The van der Waals surface area contributed by atoms with Gasteiger partial charge in [0, 0.05) is 49.0 Å². The molecule has 1 atom stereocenters. The van der Waals surface area contributed by atoms with Crippen LogP contribution in [0.4, 0.5) is 11.5 Å². The molecule has 0 amide bonds. The largest absolute Gasteiger partial charge is 0.480 e. The smallest absolute Gasteiger partial charge is 0.348 e. The van der Waals surface area contributed by atoms with E-state index in [0.717, 1.165) is 48.5 Å². The van der Waals surface area contributed by atoms with Gasteiger partial charge in [-0.25, -0.2) is 14.8 Å². The summed E-state index contributed by atoms with van der Waals surface area (Å²) in [5, 5.41) is 4.21. The number of piperazine rings is 1. The molecular formula is C24H27N7O3. The molecule has 0 saturated carbocycles. The van der Waals surface area contributed by atoms with Gasteiger partial charge in [-0.05, 0) is 37.4 Å². The zero-order valence-corrected chi connectivity index (χ0v) is 19.1. The molecule has 3 heterocycles. The van der Waals surface area contributed by atoms with Crippen molar-refractivity contribution in [2.45, 2.75) is 6.10 Å². The number of ether oxygens (including phenoxy) is 2. The lowest BCUT2D eigenvalue weighted by Gasteiger charge is -2.36. The van der Waals surface area contributed by atoms with Gasteiger partial charge in [0.05, 0.1) is 18.5 Å². The Morgan fingerprint density at radius 2 is 2.00 bits per heavy atom. The lowest BCUT2D eigenvalue weighted by Crippen LogP contribution is -2.46. The molecular weight excluding hydrogens is 434 g/mol. The molecule has 1 fully saturated rings. The Morgan fingerprint density at radius 3 is 2.79 bits per heavy atom. The first-order valence-corrected chi connectivity index (χ1v) is 11.1. The number of anilines is 2. The summed E-state index contributed by atoms with van der Waals surface area (Å²) in [4.78, 5) is 29.6. The molecule has 10 heteroatoms. The summed E-state index contributed by atoms with van der Waals surface area (Å²) in [5.41, 5.74) is 9.43. The normalized spacial score (nSPS) is 18.5. The molecule has 1 unspecified atom stereocenters. The van der Waals surface area contributed by atoms with Crippen LogP contribution in [-0.2, 0) is 4.74 Å². The second-order valence-corrected chi connectivity index (χ2v) is 8.31. The van der Waals surface area contributed by atoms with E-state index in [1.54, 1.807) is 6.08 Å². The molecule has 1 aliphatic carbocycles. The van der Waals surface area contributed by atoms with Crippen molar-refractivity contribution in [3.8, 4) is 5.88 Å². The fourth-order valence-corrected chi connectivity index (χ4v) is 4.28. The molecule has 1 saturated heterocycles. The summed E-state index contributed by atoms with van der Waals surface area (Å²) in [7, 11) is 3.55. The third-order valence-corrected chi connectivity index (χ3v) is 6.17. The molecule has 0 spiro atoms. The quantitative estimate of drug-likeness (QED) is 0.474. The van der Waals surface area contributed by atoms with E-state index in [4.69, 9.17) is 15.2 Å². The van der Waals surface area contributed by atoms with E-state index in [1.165, 1.54) is 13.4 Å². The zero-order chi connectivity index (χ0) is 23.7. The molecule has 4 N–H and O–H groups in total. The van der Waals surface area contributed by atoms with Crippen LogP contribution in [0.25, 0.3) is 10.9 Å². The van der Waals surface area contributed by atoms with Crippen LogP contribution >= 0.6 is 0 Å². The molecule has 176 valence electrons. The highest BCUT2D eigenvalue weighted by molar-refractivity contribution is 6.00. The standard InChI is InChI=1S/C24H27N7O3/c1-30-10-12-31(13-11-30)19-7-6-16(25)21(19)34-24(32)20-22(27-14-28-23(20)33-2)29-18-5-3-4-17-15(18)8-9-26-17/h3-9,14,21,26H,10-13,25H2,1-2H3,(H,27,28,29). The van der Waals surface area contributed by atoms with E-state index in [1.807, 2.05) is 36.5 Å². The van der Waals surface area contributed by atoms with Gasteiger partial charge in [-0.15, -0.1) is 0 Å². The number of carbonyl (C=O) groups is 1. The Hall–Kier alpha value is -4.05. The highest BCUT2D eigenvalue weighted by atomic mass is 16.5. The van der Waals surface area contributed by atoms with Crippen LogP contribution in [0.5, 0.6) is 5.88 Å². The van der Waals surface area contributed by atoms with Crippen molar-refractivity contribution >= 4 is 28.4 Å².